The van der Waals surface area contributed by atoms with Crippen LogP contribution in [0.2, 0.25) is 0 Å². The number of halogens is 3. The van der Waals surface area contributed by atoms with E-state index in [1.54, 1.807) is 0 Å². The van der Waals surface area contributed by atoms with Crippen molar-refractivity contribution in [1.29, 1.82) is 0 Å². The number of hydrogen-bond donors (Lipinski definition) is 2. The smallest absolute Gasteiger partial charge is 0.301 e. The van der Waals surface area contributed by atoms with Crippen molar-refractivity contribution in [1.82, 2.24) is 0 Å². The Hall–Kier alpha value is -1.23. The Morgan fingerprint density at radius 3 is 2.47 bits per heavy atom. The fourth-order valence-electron chi connectivity index (χ4n) is 1.21. The number of aliphatic hydroxyl groups is 1. The van der Waals surface area contributed by atoms with Crippen LogP contribution in [-0.4, -0.2) is 18.3 Å². The lowest BCUT2D eigenvalue weighted by molar-refractivity contribution is -0.108. The first-order valence-electron chi connectivity index (χ1n) is 4.44. The SMILES string of the molecule is CNc1cccc(C(F)(F)[C@@H](C)O)c1F. The lowest BCUT2D eigenvalue weighted by Crippen LogP contribution is -2.29. The van der Waals surface area contributed by atoms with Gasteiger partial charge in [0.15, 0.2) is 5.82 Å². The van der Waals surface area contributed by atoms with E-state index in [0.717, 1.165) is 13.0 Å². The highest BCUT2D eigenvalue weighted by molar-refractivity contribution is 5.48. The molecule has 0 bridgehead atoms. The molecule has 84 valence electrons. The van der Waals surface area contributed by atoms with E-state index in [1.165, 1.54) is 19.2 Å². The molecule has 0 radical (unpaired) electrons. The van der Waals surface area contributed by atoms with Crippen LogP contribution in [-0.2, 0) is 5.92 Å². The van der Waals surface area contributed by atoms with Gasteiger partial charge in [0.25, 0.3) is 0 Å². The third kappa shape index (κ3) is 2.07. The quantitative estimate of drug-likeness (QED) is 0.817. The van der Waals surface area contributed by atoms with Gasteiger partial charge < -0.3 is 10.4 Å². The first-order valence-corrected chi connectivity index (χ1v) is 4.44. The van der Waals surface area contributed by atoms with E-state index in [-0.39, 0.29) is 5.69 Å². The van der Waals surface area contributed by atoms with Crippen LogP contribution in [0.1, 0.15) is 12.5 Å². The summed E-state index contributed by atoms with van der Waals surface area (Å²) in [6.07, 6.45) is -1.93. The van der Waals surface area contributed by atoms with Crippen LogP contribution >= 0.6 is 0 Å². The van der Waals surface area contributed by atoms with Gasteiger partial charge in [-0.15, -0.1) is 0 Å². The van der Waals surface area contributed by atoms with Crippen LogP contribution in [0.15, 0.2) is 18.2 Å². The van der Waals surface area contributed by atoms with Crippen molar-refractivity contribution in [3.05, 3.63) is 29.6 Å². The van der Waals surface area contributed by atoms with Crippen LogP contribution in [0.5, 0.6) is 0 Å². The first kappa shape index (κ1) is 11.8. The van der Waals surface area contributed by atoms with Crippen molar-refractivity contribution in [3.63, 3.8) is 0 Å². The second kappa shape index (κ2) is 4.10. The Morgan fingerprint density at radius 1 is 1.40 bits per heavy atom. The Morgan fingerprint density at radius 2 is 2.00 bits per heavy atom. The molecule has 0 spiro atoms. The first-order chi connectivity index (χ1) is 6.91. The molecule has 0 unspecified atom stereocenters. The van der Waals surface area contributed by atoms with Gasteiger partial charge in [0.1, 0.15) is 6.10 Å². The zero-order valence-electron chi connectivity index (χ0n) is 8.39. The molecular weight excluding hydrogens is 207 g/mol. The minimum absolute atomic E-state index is 0.0205. The van der Waals surface area contributed by atoms with Gasteiger partial charge in [-0.25, -0.2) is 4.39 Å². The van der Waals surface area contributed by atoms with Crippen molar-refractivity contribution in [2.75, 3.05) is 12.4 Å². The highest BCUT2D eigenvalue weighted by Crippen LogP contribution is 2.35. The molecule has 5 heteroatoms. The van der Waals surface area contributed by atoms with Crippen LogP contribution in [0.3, 0.4) is 0 Å². The zero-order chi connectivity index (χ0) is 11.6. The predicted octanol–water partition coefficient (Wildman–Crippen LogP) is 2.34. The lowest BCUT2D eigenvalue weighted by Gasteiger charge is -2.21. The summed E-state index contributed by atoms with van der Waals surface area (Å²) in [5.41, 5.74) is -0.822. The zero-order valence-corrected chi connectivity index (χ0v) is 8.39. The van der Waals surface area contributed by atoms with Gasteiger partial charge in [-0.3, -0.25) is 0 Å². The molecule has 1 aromatic carbocycles. The third-order valence-corrected chi connectivity index (χ3v) is 2.15. The normalized spacial score (nSPS) is 13.7. The Bertz CT molecular complexity index is 353. The maximum atomic E-state index is 13.5. The molecule has 0 aliphatic carbocycles. The van der Waals surface area contributed by atoms with E-state index < -0.39 is 23.4 Å². The summed E-state index contributed by atoms with van der Waals surface area (Å²) in [4.78, 5) is 0. The fourth-order valence-corrected chi connectivity index (χ4v) is 1.21. The number of aliphatic hydroxyl groups excluding tert-OH is 1. The molecule has 1 atom stereocenters. The number of alkyl halides is 2. The average molecular weight is 219 g/mol. The van der Waals surface area contributed by atoms with E-state index in [4.69, 9.17) is 5.11 Å². The molecule has 0 aliphatic rings. The van der Waals surface area contributed by atoms with Crippen molar-refractivity contribution in [3.8, 4) is 0 Å². The summed E-state index contributed by atoms with van der Waals surface area (Å²) in [7, 11) is 1.43. The average Bonchev–Trinajstić information content (AvgIpc) is 2.17. The largest absolute Gasteiger partial charge is 0.387 e. The highest BCUT2D eigenvalue weighted by Gasteiger charge is 2.40. The maximum Gasteiger partial charge on any atom is 0.301 e. The van der Waals surface area contributed by atoms with E-state index in [2.05, 4.69) is 5.32 Å². The van der Waals surface area contributed by atoms with Gasteiger partial charge in [-0.1, -0.05) is 6.07 Å². The number of hydrogen-bond acceptors (Lipinski definition) is 2. The lowest BCUT2D eigenvalue weighted by atomic mass is 10.0. The minimum Gasteiger partial charge on any atom is -0.387 e. The van der Waals surface area contributed by atoms with E-state index in [1.807, 2.05) is 0 Å². The van der Waals surface area contributed by atoms with Gasteiger partial charge in [0, 0.05) is 7.05 Å². The second-order valence-corrected chi connectivity index (χ2v) is 3.22. The standard InChI is InChI=1S/C10H12F3NO/c1-6(15)10(12,13)7-4-3-5-8(14-2)9(7)11/h3-6,14-15H,1-2H3/t6-/m1/s1. The van der Waals surface area contributed by atoms with Crippen molar-refractivity contribution < 1.29 is 18.3 Å². The maximum absolute atomic E-state index is 13.5. The number of nitrogens with one attached hydrogen (secondary N) is 1. The predicted molar refractivity (Wildman–Crippen MR) is 51.5 cm³/mol. The van der Waals surface area contributed by atoms with Crippen LogP contribution in [0.25, 0.3) is 0 Å². The molecule has 0 amide bonds. The summed E-state index contributed by atoms with van der Waals surface area (Å²) in [5.74, 6) is -4.62. The summed E-state index contributed by atoms with van der Waals surface area (Å²) in [6, 6.07) is 3.61. The second-order valence-electron chi connectivity index (χ2n) is 3.22. The molecular formula is C10H12F3NO. The highest BCUT2D eigenvalue weighted by atomic mass is 19.3. The molecule has 0 aromatic heterocycles. The van der Waals surface area contributed by atoms with Crippen LogP contribution in [0, 0.1) is 5.82 Å². The Balaban J connectivity index is 3.26. The van der Waals surface area contributed by atoms with E-state index in [0.29, 0.717) is 0 Å². The molecule has 0 fully saturated rings. The minimum atomic E-state index is -3.59. The van der Waals surface area contributed by atoms with Crippen LogP contribution < -0.4 is 5.32 Å². The monoisotopic (exact) mass is 219 g/mol. The Kier molecular flexibility index (Phi) is 3.24. The van der Waals surface area contributed by atoms with E-state index >= 15 is 0 Å². The summed E-state index contributed by atoms with van der Waals surface area (Å²) < 4.78 is 40.2. The van der Waals surface area contributed by atoms with Crippen molar-refractivity contribution in [2.45, 2.75) is 19.0 Å². The fraction of sp³-hybridized carbons (Fsp3) is 0.400. The molecule has 2 N–H and O–H groups in total. The van der Waals surface area contributed by atoms with Gasteiger partial charge in [0.05, 0.1) is 11.3 Å². The molecule has 2 nitrogen and oxygen atoms in total. The van der Waals surface area contributed by atoms with Crippen molar-refractivity contribution >= 4 is 5.69 Å². The molecule has 1 aromatic rings. The number of benzene rings is 1. The molecule has 1 rings (SSSR count). The summed E-state index contributed by atoms with van der Waals surface area (Å²) in [6.45, 7) is 0.922. The molecule has 0 saturated carbocycles. The molecule has 0 saturated heterocycles. The van der Waals surface area contributed by atoms with Gasteiger partial charge in [-0.2, -0.15) is 8.78 Å². The molecule has 0 aliphatic heterocycles. The van der Waals surface area contributed by atoms with E-state index in [9.17, 15) is 13.2 Å². The van der Waals surface area contributed by atoms with Gasteiger partial charge in [0.2, 0.25) is 0 Å². The molecule has 15 heavy (non-hydrogen) atoms. The number of anilines is 1. The van der Waals surface area contributed by atoms with Crippen molar-refractivity contribution in [2.24, 2.45) is 0 Å². The summed E-state index contributed by atoms with van der Waals surface area (Å²) >= 11 is 0. The Labute approximate surface area is 85.7 Å². The number of rotatable bonds is 3. The third-order valence-electron chi connectivity index (χ3n) is 2.15. The summed E-state index contributed by atoms with van der Waals surface area (Å²) in [5, 5.41) is 11.3. The van der Waals surface area contributed by atoms with Gasteiger partial charge >= 0.3 is 5.92 Å². The van der Waals surface area contributed by atoms with Gasteiger partial charge in [-0.05, 0) is 19.1 Å². The molecule has 0 heterocycles. The topological polar surface area (TPSA) is 32.3 Å². The van der Waals surface area contributed by atoms with Crippen LogP contribution in [0.4, 0.5) is 18.9 Å².